The lowest BCUT2D eigenvalue weighted by Gasteiger charge is -2.15. The zero-order valence-corrected chi connectivity index (χ0v) is 49.0. The average Bonchev–Trinajstić information content (AvgIpc) is 1.34. The summed E-state index contributed by atoms with van der Waals surface area (Å²) in [6.07, 6.45) is 0.0186. The minimum Gasteiger partial charge on any atom is -0.505 e. The van der Waals surface area contributed by atoms with Crippen molar-refractivity contribution in [3.63, 3.8) is 0 Å². The Morgan fingerprint density at radius 3 is 1.62 bits per heavy atom. The summed E-state index contributed by atoms with van der Waals surface area (Å²) in [5, 5.41) is 42.4. The number of unbranched alkanes of at least 4 members (excludes halogenated alkanes) is 1. The minimum absolute atomic E-state index is 0.00665. The van der Waals surface area contributed by atoms with Crippen molar-refractivity contribution in [3.05, 3.63) is 143 Å². The summed E-state index contributed by atoms with van der Waals surface area (Å²) in [6.45, 7) is 4.92. The molecule has 9 N–H and O–H groups in total. The van der Waals surface area contributed by atoms with Gasteiger partial charge in [0.25, 0.3) is 52.3 Å². The van der Waals surface area contributed by atoms with Crippen molar-refractivity contribution in [2.45, 2.75) is 48.3 Å². The van der Waals surface area contributed by atoms with E-state index in [1.807, 2.05) is 0 Å². The summed E-state index contributed by atoms with van der Waals surface area (Å²) in [6, 6.07) is 25.8. The van der Waals surface area contributed by atoms with Crippen molar-refractivity contribution in [1.29, 1.82) is 0 Å². The highest BCUT2D eigenvalue weighted by Gasteiger charge is 2.26. The van der Waals surface area contributed by atoms with E-state index >= 15 is 0 Å². The van der Waals surface area contributed by atoms with Gasteiger partial charge in [0.15, 0.2) is 5.75 Å². The van der Waals surface area contributed by atoms with Gasteiger partial charge in [-0.25, -0.2) is 0 Å². The van der Waals surface area contributed by atoms with Crippen LogP contribution in [0.3, 0.4) is 0 Å². The number of nitrogens with zero attached hydrogens (tertiary/aromatic N) is 6. The van der Waals surface area contributed by atoms with E-state index in [1.54, 1.807) is 45.0 Å². The van der Waals surface area contributed by atoms with Crippen LogP contribution in [0.4, 0.5) is 51.2 Å². The smallest absolute Gasteiger partial charge is 0.296 e. The summed E-state index contributed by atoms with van der Waals surface area (Å²) in [7, 11) is -16.6. The van der Waals surface area contributed by atoms with Crippen molar-refractivity contribution in [3.8, 4) is 23.0 Å². The number of methoxy groups -OCH3 is 2. The van der Waals surface area contributed by atoms with Crippen LogP contribution in [0.5, 0.6) is 23.0 Å². The monoisotopic (exact) mass is 1250 g/mol. The van der Waals surface area contributed by atoms with Crippen LogP contribution in [0.15, 0.2) is 161 Å². The van der Waals surface area contributed by atoms with E-state index in [0.29, 0.717) is 45.0 Å². The maximum Gasteiger partial charge on any atom is 0.296 e. The number of aryl methyl sites for hydroxylation is 3. The Morgan fingerprint density at radius 1 is 0.512 bits per heavy atom. The fourth-order valence-corrected chi connectivity index (χ4v) is 10.9. The average molecular weight is 1250 g/mol. The number of amides is 2. The third-order valence-electron chi connectivity index (χ3n) is 12.9. The molecule has 31 heteroatoms. The largest absolute Gasteiger partial charge is 0.505 e. The van der Waals surface area contributed by atoms with Crippen LogP contribution in [0.1, 0.15) is 50.2 Å². The number of nitrogens with one attached hydrogen (secondary N) is 2. The molecular formula is C55H51N9O18S4. The maximum atomic E-state index is 13.7. The molecule has 8 aromatic carbocycles. The fraction of sp³-hybridized carbons (Fsp3) is 0.164. The van der Waals surface area contributed by atoms with Crippen LogP contribution >= 0.6 is 0 Å². The second-order valence-electron chi connectivity index (χ2n) is 19.0. The van der Waals surface area contributed by atoms with Crippen LogP contribution in [0.25, 0.3) is 21.5 Å². The minimum atomic E-state index is -5.10. The molecule has 0 aliphatic rings. The molecule has 0 bridgehead atoms. The standard InChI is InChI=1S/C55H51N9O18S4/c1-29-18-33(55(67)58-46-26-40-35(23-50(46)85(74,75)76)22-38(84(71,72)73)25-47(40)82-16-6-7-17-83(68,69)70)10-15-41(29)59-60-42-19-31(3)43(20-30(42)2)61-62-44-27-49(81-5)45(28-48(44)80-4)63-64-52-51(86(77,78)79)24-34-21-37(13-14-39(34)53(52)65)57-54(66)32-8-11-36(56)12-9-32/h8-15,18-28,65H,6-7,16-17,56H2,1-5H3,(H,57,66)(H,58,67)(H,68,69,70)(H,71,72,73)(H,74,75,76)(H,77,78,79). The molecule has 0 saturated carbocycles. The first-order valence-electron chi connectivity index (χ1n) is 25.0. The summed E-state index contributed by atoms with van der Waals surface area (Å²) in [5.74, 6) is -2.59. The number of phenols is 1. The first-order chi connectivity index (χ1) is 40.4. The summed E-state index contributed by atoms with van der Waals surface area (Å²) in [4.78, 5) is 24.2. The number of carbonyl (C=O) groups excluding carboxylic acids is 2. The van der Waals surface area contributed by atoms with Crippen LogP contribution in [0, 0.1) is 20.8 Å². The number of benzene rings is 8. The van der Waals surface area contributed by atoms with E-state index in [1.165, 1.54) is 74.9 Å². The van der Waals surface area contributed by atoms with Crippen molar-refractivity contribution in [2.24, 2.45) is 30.7 Å². The van der Waals surface area contributed by atoms with Crippen LogP contribution in [-0.4, -0.2) is 95.4 Å². The van der Waals surface area contributed by atoms with E-state index in [2.05, 4.69) is 41.3 Å². The molecule has 8 aromatic rings. The quantitative estimate of drug-likeness (QED) is 0.0143. The number of rotatable bonds is 21. The van der Waals surface area contributed by atoms with Crippen LogP contribution in [-0.2, 0) is 40.5 Å². The first-order valence-corrected chi connectivity index (χ1v) is 31.0. The zero-order chi connectivity index (χ0) is 62.6. The third-order valence-corrected chi connectivity index (χ3v) is 16.3. The molecule has 0 aliphatic carbocycles. The second kappa shape index (κ2) is 25.1. The van der Waals surface area contributed by atoms with Gasteiger partial charge in [0.1, 0.15) is 44.1 Å². The van der Waals surface area contributed by atoms with Gasteiger partial charge < -0.3 is 35.7 Å². The molecule has 0 fully saturated rings. The van der Waals surface area contributed by atoms with Gasteiger partial charge in [0.05, 0.1) is 54.2 Å². The Bertz CT molecular complexity index is 4640. The Morgan fingerprint density at radius 2 is 1.05 bits per heavy atom. The number of carbonyl (C=O) groups is 2. The molecule has 86 heavy (non-hydrogen) atoms. The SMILES string of the molecule is COc1cc(N=Nc2c(S(=O)(=O)O)cc3cc(NC(=O)c4ccc(N)cc4)ccc3c2O)c(OC)cc1N=Nc1cc(C)c(N=Nc2ccc(C(=O)Nc3cc4c(OCCCCS(=O)(=O)O)cc(S(=O)(=O)O)cc4cc3S(=O)(=O)O)cc2C)cc1C. The van der Waals surface area contributed by atoms with E-state index in [0.717, 1.165) is 30.3 Å². The normalized spacial score (nSPS) is 12.4. The molecule has 27 nitrogen and oxygen atoms in total. The topological polar surface area (TPSA) is 424 Å². The lowest BCUT2D eigenvalue weighted by atomic mass is 10.1. The molecule has 2 amide bonds. The predicted octanol–water partition coefficient (Wildman–Crippen LogP) is 11.8. The van der Waals surface area contributed by atoms with Gasteiger partial charge in [0.2, 0.25) is 0 Å². The zero-order valence-electron chi connectivity index (χ0n) is 45.7. The fourth-order valence-electron chi connectivity index (χ4n) is 8.48. The number of ether oxygens (including phenoxy) is 3. The summed E-state index contributed by atoms with van der Waals surface area (Å²) >= 11 is 0. The lowest BCUT2D eigenvalue weighted by Crippen LogP contribution is -2.15. The summed E-state index contributed by atoms with van der Waals surface area (Å²) < 4.78 is 153. The summed E-state index contributed by atoms with van der Waals surface area (Å²) in [5.41, 5.74) is 8.75. The van der Waals surface area contributed by atoms with Gasteiger partial charge in [-0.3, -0.25) is 27.8 Å². The van der Waals surface area contributed by atoms with Gasteiger partial charge in [-0.05, 0) is 158 Å². The molecule has 0 aliphatic heterocycles. The molecular weight excluding hydrogens is 1200 g/mol. The number of hydrogen-bond acceptors (Lipinski definition) is 21. The first kappa shape index (κ1) is 62.7. The number of nitrogen functional groups attached to an aromatic ring is 1. The van der Waals surface area contributed by atoms with Gasteiger partial charge in [0, 0.05) is 51.5 Å². The number of aromatic hydroxyl groups is 1. The Balaban J connectivity index is 0.990. The molecule has 0 radical (unpaired) electrons. The van der Waals surface area contributed by atoms with Gasteiger partial charge in [-0.15, -0.1) is 15.3 Å². The van der Waals surface area contributed by atoms with Gasteiger partial charge in [-0.2, -0.15) is 49.0 Å². The highest BCUT2D eigenvalue weighted by atomic mass is 32.2. The Kier molecular flexibility index (Phi) is 18.3. The molecule has 0 spiro atoms. The van der Waals surface area contributed by atoms with Gasteiger partial charge in [-0.1, -0.05) is 0 Å². The molecule has 448 valence electrons. The molecule has 0 aromatic heterocycles. The highest BCUT2D eigenvalue weighted by Crippen LogP contribution is 2.46. The van der Waals surface area contributed by atoms with Crippen LogP contribution in [0.2, 0.25) is 0 Å². The number of azo groups is 3. The van der Waals surface area contributed by atoms with Crippen molar-refractivity contribution >= 4 is 125 Å². The number of nitrogens with two attached hydrogens (primary N) is 1. The molecule has 0 atom stereocenters. The van der Waals surface area contributed by atoms with E-state index in [-0.39, 0.29) is 80.9 Å². The van der Waals surface area contributed by atoms with E-state index < -0.39 is 89.9 Å². The van der Waals surface area contributed by atoms with Crippen molar-refractivity contribution in [1.82, 2.24) is 0 Å². The number of phenolic OH excluding ortho intramolecular Hbond substituents is 1. The van der Waals surface area contributed by atoms with E-state index in [9.17, 15) is 62.0 Å². The third kappa shape index (κ3) is 14.9. The number of anilines is 3. The molecule has 0 saturated heterocycles. The Labute approximate surface area is 491 Å². The lowest BCUT2D eigenvalue weighted by molar-refractivity contribution is 0.101. The number of hydrogen-bond donors (Lipinski definition) is 8. The number of fused-ring (bicyclic) bond motifs is 2. The maximum absolute atomic E-state index is 13.7. The molecule has 0 unspecified atom stereocenters. The van der Waals surface area contributed by atoms with E-state index in [4.69, 9.17) is 24.5 Å². The molecule has 0 heterocycles. The predicted molar refractivity (Wildman–Crippen MR) is 316 cm³/mol. The second-order valence-corrected chi connectivity index (χ2v) is 24.8. The highest BCUT2D eigenvalue weighted by molar-refractivity contribution is 7.86. The Hall–Kier alpha value is -9.34. The van der Waals surface area contributed by atoms with Gasteiger partial charge >= 0.3 is 0 Å². The molecule has 8 rings (SSSR count). The van der Waals surface area contributed by atoms with Crippen LogP contribution < -0.4 is 30.6 Å². The van der Waals surface area contributed by atoms with Crippen molar-refractivity contribution in [2.75, 3.05) is 42.9 Å². The van der Waals surface area contributed by atoms with Crippen molar-refractivity contribution < 1.29 is 80.8 Å².